The minimum absolute atomic E-state index is 0.170. The number of halogens is 4. The highest BCUT2D eigenvalue weighted by Crippen LogP contribution is 2.36. The predicted molar refractivity (Wildman–Crippen MR) is 195 cm³/mol. The number of hydrogen-bond acceptors (Lipinski definition) is 6. The molecule has 4 aromatic carbocycles. The molecule has 0 fully saturated rings. The van der Waals surface area contributed by atoms with Crippen LogP contribution in [0.25, 0.3) is 11.8 Å². The molecule has 1 atom stereocenters. The minimum Gasteiger partial charge on any atom is -0.487 e. The number of rotatable bonds is 8. The molecule has 5 aromatic rings. The van der Waals surface area contributed by atoms with Crippen molar-refractivity contribution in [2.75, 3.05) is 6.61 Å². The number of hydrogen-bond donors (Lipinski definition) is 0. The van der Waals surface area contributed by atoms with Crippen molar-refractivity contribution in [3.63, 3.8) is 0 Å². The van der Waals surface area contributed by atoms with Gasteiger partial charge < -0.3 is 9.47 Å². The largest absolute Gasteiger partial charge is 0.487 e. The van der Waals surface area contributed by atoms with E-state index in [0.29, 0.717) is 38.0 Å². The topological polar surface area (TPSA) is 69.9 Å². The second kappa shape index (κ2) is 14.2. The molecule has 0 amide bonds. The summed E-state index contributed by atoms with van der Waals surface area (Å²) in [6.45, 7) is 2.21. The van der Waals surface area contributed by atoms with Crippen LogP contribution in [-0.2, 0) is 16.1 Å². The Kier molecular flexibility index (Phi) is 10.1. The molecule has 0 unspecified atom stereocenters. The highest BCUT2D eigenvalue weighted by molar-refractivity contribution is 14.1. The van der Waals surface area contributed by atoms with E-state index in [1.165, 1.54) is 23.5 Å². The monoisotopic (exact) mass is 876 g/mol. The number of thiazole rings is 1. The first kappa shape index (κ1) is 32.6. The molecule has 1 aliphatic heterocycles. The van der Waals surface area contributed by atoms with E-state index in [4.69, 9.17) is 26.1 Å². The molecule has 0 saturated heterocycles. The van der Waals surface area contributed by atoms with Crippen molar-refractivity contribution in [2.24, 2.45) is 4.99 Å². The lowest BCUT2D eigenvalue weighted by molar-refractivity contribution is -0.138. The van der Waals surface area contributed by atoms with Crippen molar-refractivity contribution >= 4 is 85.9 Å². The zero-order valence-corrected chi connectivity index (χ0v) is 30.1. The Morgan fingerprint density at radius 3 is 2.35 bits per heavy atom. The molecule has 46 heavy (non-hydrogen) atoms. The number of carbonyl (C=O) groups excluding carboxylic acids is 1. The highest BCUT2D eigenvalue weighted by atomic mass is 127. The van der Waals surface area contributed by atoms with Gasteiger partial charge in [-0.3, -0.25) is 9.36 Å². The SMILES string of the molecule is CCOC(=O)C1=C(c2ccccc2)N=c2s/c(=C\c3cc(I)c(OCc4ccc(F)cc4)c(I)c3)c(=O)n2[C@@H]1c1ccc(Cl)cc1. The average molecular weight is 877 g/mol. The summed E-state index contributed by atoms with van der Waals surface area (Å²) < 4.78 is 28.7. The maximum Gasteiger partial charge on any atom is 0.338 e. The molecule has 6 nitrogen and oxygen atoms in total. The summed E-state index contributed by atoms with van der Waals surface area (Å²) in [6, 6.07) is 25.8. The number of ether oxygens (including phenoxy) is 2. The summed E-state index contributed by atoms with van der Waals surface area (Å²) in [7, 11) is 0. The zero-order chi connectivity index (χ0) is 32.4. The number of fused-ring (bicyclic) bond motifs is 1. The van der Waals surface area contributed by atoms with Gasteiger partial charge in [0.25, 0.3) is 5.56 Å². The molecule has 1 aromatic heterocycles. The standard InChI is InChI=1S/C35H24ClFI2N2O4S/c1-2-44-34(43)29-30(22-6-4-3-5-7-22)40-35-41(31(29)23-10-12-24(36)13-11-23)33(42)28(46-35)18-21-16-26(38)32(27(39)17-21)45-19-20-8-14-25(37)15-9-20/h3-18,31H,2,19H2,1H3/b28-18-/t31-/m1/s1. The van der Waals surface area contributed by atoms with Crippen LogP contribution in [-0.4, -0.2) is 17.1 Å². The number of nitrogens with zero attached hydrogens (tertiary/aromatic N) is 2. The third-order valence-corrected chi connectivity index (χ3v) is 10.0. The van der Waals surface area contributed by atoms with Crippen molar-refractivity contribution in [3.8, 4) is 5.75 Å². The van der Waals surface area contributed by atoms with E-state index in [9.17, 15) is 14.0 Å². The van der Waals surface area contributed by atoms with Crippen molar-refractivity contribution in [1.29, 1.82) is 0 Å². The number of aromatic nitrogens is 1. The van der Waals surface area contributed by atoms with Gasteiger partial charge in [0.2, 0.25) is 0 Å². The maximum absolute atomic E-state index is 14.2. The van der Waals surface area contributed by atoms with E-state index in [0.717, 1.165) is 23.8 Å². The minimum atomic E-state index is -0.785. The van der Waals surface area contributed by atoms with Gasteiger partial charge in [-0.2, -0.15) is 0 Å². The molecule has 1 aliphatic rings. The quantitative estimate of drug-likeness (QED) is 0.120. The van der Waals surface area contributed by atoms with Crippen LogP contribution in [0.1, 0.15) is 35.2 Å². The molecular weight excluding hydrogens is 853 g/mol. The van der Waals surface area contributed by atoms with E-state index in [-0.39, 0.29) is 23.6 Å². The van der Waals surface area contributed by atoms with E-state index in [2.05, 4.69) is 45.2 Å². The Morgan fingerprint density at radius 1 is 1.02 bits per heavy atom. The van der Waals surface area contributed by atoms with Gasteiger partial charge in [0.1, 0.15) is 18.2 Å². The summed E-state index contributed by atoms with van der Waals surface area (Å²) in [5, 5.41) is 0.537. The number of esters is 1. The van der Waals surface area contributed by atoms with Crippen molar-refractivity contribution < 1.29 is 18.7 Å². The lowest BCUT2D eigenvalue weighted by atomic mass is 9.93. The maximum atomic E-state index is 14.2. The second-order valence-corrected chi connectivity index (χ2v) is 14.0. The molecule has 0 radical (unpaired) electrons. The normalized spacial score (nSPS) is 14.5. The fourth-order valence-electron chi connectivity index (χ4n) is 5.09. The Hall–Kier alpha value is -3.33. The Labute approximate surface area is 300 Å². The van der Waals surface area contributed by atoms with Crippen molar-refractivity contribution in [1.82, 2.24) is 4.57 Å². The summed E-state index contributed by atoms with van der Waals surface area (Å²) in [5.74, 6) is -0.131. The molecule has 0 saturated carbocycles. The van der Waals surface area contributed by atoms with Crippen LogP contribution in [0, 0.1) is 13.0 Å². The molecular formula is C35H24ClFI2N2O4S. The first-order valence-electron chi connectivity index (χ1n) is 14.1. The third-order valence-electron chi connectivity index (χ3n) is 7.17. The molecule has 0 N–H and O–H groups in total. The summed E-state index contributed by atoms with van der Waals surface area (Å²) >= 11 is 11.9. The Balaban J connectivity index is 1.47. The average Bonchev–Trinajstić information content (AvgIpc) is 3.35. The van der Waals surface area contributed by atoms with Gasteiger partial charge in [0.05, 0.1) is 35.6 Å². The van der Waals surface area contributed by atoms with E-state index in [1.807, 2.05) is 60.7 Å². The second-order valence-electron chi connectivity index (χ2n) is 10.2. The molecule has 2 heterocycles. The third kappa shape index (κ3) is 6.85. The van der Waals surface area contributed by atoms with Gasteiger partial charge in [-0.15, -0.1) is 0 Å². The number of carbonyl (C=O) groups is 1. The van der Waals surface area contributed by atoms with Gasteiger partial charge in [0, 0.05) is 10.6 Å². The van der Waals surface area contributed by atoms with Gasteiger partial charge in [-0.1, -0.05) is 77.5 Å². The van der Waals surface area contributed by atoms with Gasteiger partial charge in [-0.05, 0) is 111 Å². The summed E-state index contributed by atoms with van der Waals surface area (Å²) in [4.78, 5) is 33.1. The van der Waals surface area contributed by atoms with Gasteiger partial charge in [0.15, 0.2) is 4.80 Å². The Bertz CT molecular complexity index is 2130. The van der Waals surface area contributed by atoms with Crippen LogP contribution < -0.4 is 19.6 Å². The summed E-state index contributed by atoms with van der Waals surface area (Å²) in [5.41, 5.74) is 3.56. The van der Waals surface area contributed by atoms with E-state index < -0.39 is 12.0 Å². The van der Waals surface area contributed by atoms with Crippen LogP contribution >= 0.6 is 68.1 Å². The molecule has 0 aliphatic carbocycles. The summed E-state index contributed by atoms with van der Waals surface area (Å²) in [6.07, 6.45) is 1.83. The van der Waals surface area contributed by atoms with Crippen LogP contribution in [0.4, 0.5) is 4.39 Å². The first-order valence-corrected chi connectivity index (χ1v) is 17.5. The van der Waals surface area contributed by atoms with E-state index in [1.54, 1.807) is 35.8 Å². The van der Waals surface area contributed by atoms with Crippen LogP contribution in [0.15, 0.2) is 106 Å². The first-order chi connectivity index (χ1) is 22.2. The van der Waals surface area contributed by atoms with Gasteiger partial charge >= 0.3 is 5.97 Å². The smallest absolute Gasteiger partial charge is 0.338 e. The lowest BCUT2D eigenvalue weighted by Gasteiger charge is -2.25. The molecule has 232 valence electrons. The fourth-order valence-corrected chi connectivity index (χ4v) is 8.34. The van der Waals surface area contributed by atoms with Crippen molar-refractivity contribution in [3.05, 3.63) is 156 Å². The van der Waals surface area contributed by atoms with Crippen LogP contribution in [0.5, 0.6) is 5.75 Å². The highest BCUT2D eigenvalue weighted by Gasteiger charge is 2.35. The lowest BCUT2D eigenvalue weighted by Crippen LogP contribution is -2.40. The van der Waals surface area contributed by atoms with Crippen molar-refractivity contribution in [2.45, 2.75) is 19.6 Å². The molecule has 11 heteroatoms. The number of benzene rings is 4. The van der Waals surface area contributed by atoms with Crippen LogP contribution in [0.3, 0.4) is 0 Å². The van der Waals surface area contributed by atoms with Gasteiger partial charge in [-0.25, -0.2) is 14.2 Å². The Morgan fingerprint density at radius 2 is 1.70 bits per heavy atom. The zero-order valence-electron chi connectivity index (χ0n) is 24.2. The van der Waals surface area contributed by atoms with E-state index >= 15 is 0 Å². The predicted octanol–water partition coefficient (Wildman–Crippen LogP) is 7.52. The molecule has 6 rings (SSSR count). The fraction of sp³-hybridized carbons (Fsp3) is 0.114. The van der Waals surface area contributed by atoms with Crippen LogP contribution in [0.2, 0.25) is 5.02 Å². The molecule has 0 bridgehead atoms. The molecule has 0 spiro atoms.